The van der Waals surface area contributed by atoms with Crippen LogP contribution in [0.25, 0.3) is 0 Å². The number of allylic oxidation sites excluding steroid dienone is 2. The first-order valence-corrected chi connectivity index (χ1v) is 7.90. The van der Waals surface area contributed by atoms with Crippen LogP contribution in [0.3, 0.4) is 0 Å². The maximum atomic E-state index is 12.2. The standard InChI is InChI=1S/C19H24O3/c1-13-9-14(2)18(15(3)10-13)19(21)22-12-17(20)11-16-7-5-4-6-8-16/h5,7,9-10,16H,4,6,8,11-12H2,1-3H3. The van der Waals surface area contributed by atoms with Crippen molar-refractivity contribution in [3.63, 3.8) is 0 Å². The van der Waals surface area contributed by atoms with Gasteiger partial charge in [-0.1, -0.05) is 29.8 Å². The molecule has 0 heterocycles. The van der Waals surface area contributed by atoms with Crippen molar-refractivity contribution in [2.45, 2.75) is 46.5 Å². The summed E-state index contributed by atoms with van der Waals surface area (Å²) in [5, 5.41) is 0. The molecule has 22 heavy (non-hydrogen) atoms. The van der Waals surface area contributed by atoms with Gasteiger partial charge in [-0.05, 0) is 57.1 Å². The van der Waals surface area contributed by atoms with E-state index in [-0.39, 0.29) is 12.4 Å². The van der Waals surface area contributed by atoms with Crippen LogP contribution < -0.4 is 0 Å². The van der Waals surface area contributed by atoms with Crippen molar-refractivity contribution in [2.75, 3.05) is 6.61 Å². The molecule has 0 spiro atoms. The van der Waals surface area contributed by atoms with Gasteiger partial charge in [-0.3, -0.25) is 4.79 Å². The van der Waals surface area contributed by atoms with Crippen LogP contribution in [-0.4, -0.2) is 18.4 Å². The molecule has 1 aliphatic carbocycles. The smallest absolute Gasteiger partial charge is 0.339 e. The molecule has 0 bridgehead atoms. The largest absolute Gasteiger partial charge is 0.454 e. The van der Waals surface area contributed by atoms with Crippen LogP contribution in [0.5, 0.6) is 0 Å². The Morgan fingerprint density at radius 1 is 1.18 bits per heavy atom. The fourth-order valence-corrected chi connectivity index (χ4v) is 3.12. The zero-order valence-corrected chi connectivity index (χ0v) is 13.6. The fourth-order valence-electron chi connectivity index (χ4n) is 3.12. The van der Waals surface area contributed by atoms with Gasteiger partial charge in [0.1, 0.15) is 6.61 Å². The summed E-state index contributed by atoms with van der Waals surface area (Å²) in [4.78, 5) is 24.2. The molecule has 3 nitrogen and oxygen atoms in total. The molecule has 0 N–H and O–H groups in total. The Kier molecular flexibility index (Phi) is 5.53. The Bertz CT molecular complexity index is 576. The third kappa shape index (κ3) is 4.30. The van der Waals surface area contributed by atoms with Crippen LogP contribution in [0.15, 0.2) is 24.3 Å². The van der Waals surface area contributed by atoms with Gasteiger partial charge in [-0.2, -0.15) is 0 Å². The molecule has 2 rings (SSSR count). The highest BCUT2D eigenvalue weighted by Crippen LogP contribution is 2.21. The van der Waals surface area contributed by atoms with E-state index in [0.717, 1.165) is 36.0 Å². The maximum absolute atomic E-state index is 12.2. The number of carbonyl (C=O) groups excluding carboxylic acids is 2. The zero-order valence-electron chi connectivity index (χ0n) is 13.6. The first kappa shape index (κ1) is 16.5. The monoisotopic (exact) mass is 300 g/mol. The van der Waals surface area contributed by atoms with Gasteiger partial charge in [-0.25, -0.2) is 4.79 Å². The number of esters is 1. The summed E-state index contributed by atoms with van der Waals surface area (Å²) >= 11 is 0. The molecular formula is C19H24O3. The predicted octanol–water partition coefficient (Wildman–Crippen LogP) is 4.08. The van der Waals surface area contributed by atoms with Crippen LogP contribution >= 0.6 is 0 Å². The Labute approximate surface area is 132 Å². The Balaban J connectivity index is 1.91. The van der Waals surface area contributed by atoms with E-state index < -0.39 is 5.97 Å². The number of hydrogen-bond acceptors (Lipinski definition) is 3. The molecule has 0 fully saturated rings. The Morgan fingerprint density at radius 3 is 2.45 bits per heavy atom. The molecule has 0 radical (unpaired) electrons. The normalized spacial score (nSPS) is 17.3. The van der Waals surface area contributed by atoms with Gasteiger partial charge in [-0.15, -0.1) is 0 Å². The lowest BCUT2D eigenvalue weighted by Crippen LogP contribution is -2.18. The average molecular weight is 300 g/mol. The molecule has 1 aromatic rings. The van der Waals surface area contributed by atoms with E-state index in [9.17, 15) is 9.59 Å². The van der Waals surface area contributed by atoms with Crippen LogP contribution in [-0.2, 0) is 9.53 Å². The van der Waals surface area contributed by atoms with Gasteiger partial charge in [0, 0.05) is 6.42 Å². The van der Waals surface area contributed by atoms with Gasteiger partial charge in [0.15, 0.2) is 5.78 Å². The first-order valence-electron chi connectivity index (χ1n) is 7.90. The minimum atomic E-state index is -0.400. The minimum absolute atomic E-state index is 0.00711. The molecule has 3 heteroatoms. The van der Waals surface area contributed by atoms with Crippen molar-refractivity contribution in [2.24, 2.45) is 5.92 Å². The van der Waals surface area contributed by atoms with Crippen molar-refractivity contribution in [3.8, 4) is 0 Å². The number of ether oxygens (including phenoxy) is 1. The molecule has 118 valence electrons. The topological polar surface area (TPSA) is 43.4 Å². The summed E-state index contributed by atoms with van der Waals surface area (Å²) in [5.41, 5.74) is 3.48. The quantitative estimate of drug-likeness (QED) is 0.608. The second kappa shape index (κ2) is 7.39. The zero-order chi connectivity index (χ0) is 16.1. The summed E-state index contributed by atoms with van der Waals surface area (Å²) in [5.74, 6) is -0.0994. The lowest BCUT2D eigenvalue weighted by atomic mass is 9.92. The molecule has 1 unspecified atom stereocenters. The molecule has 0 saturated heterocycles. The summed E-state index contributed by atoms with van der Waals surface area (Å²) < 4.78 is 5.22. The van der Waals surface area contributed by atoms with Crippen LogP contribution in [0.2, 0.25) is 0 Å². The number of hydrogen-bond donors (Lipinski definition) is 0. The van der Waals surface area contributed by atoms with E-state index in [1.807, 2.05) is 32.9 Å². The highest BCUT2D eigenvalue weighted by atomic mass is 16.5. The summed E-state index contributed by atoms with van der Waals surface area (Å²) in [6.07, 6.45) is 7.99. The van der Waals surface area contributed by atoms with Crippen molar-refractivity contribution < 1.29 is 14.3 Å². The molecule has 0 amide bonds. The maximum Gasteiger partial charge on any atom is 0.339 e. The van der Waals surface area contributed by atoms with Crippen molar-refractivity contribution in [1.29, 1.82) is 0 Å². The number of aryl methyl sites for hydroxylation is 3. The minimum Gasteiger partial charge on any atom is -0.454 e. The highest BCUT2D eigenvalue weighted by Gasteiger charge is 2.18. The number of Topliss-reactive ketones (excluding diaryl/α,β-unsaturated/α-hetero) is 1. The summed E-state index contributed by atoms with van der Waals surface area (Å²) in [7, 11) is 0. The molecule has 1 atom stereocenters. The summed E-state index contributed by atoms with van der Waals surface area (Å²) in [6.45, 7) is 5.66. The number of benzene rings is 1. The average Bonchev–Trinajstić information content (AvgIpc) is 2.45. The number of carbonyl (C=O) groups is 2. The number of ketones is 1. The molecule has 1 aromatic carbocycles. The van der Waals surface area contributed by atoms with Crippen LogP contribution in [0.1, 0.15) is 52.7 Å². The van der Waals surface area contributed by atoms with E-state index in [1.165, 1.54) is 0 Å². The molecule has 0 aromatic heterocycles. The first-order chi connectivity index (χ1) is 10.5. The van der Waals surface area contributed by atoms with Gasteiger partial charge in [0.2, 0.25) is 0 Å². The van der Waals surface area contributed by atoms with Crippen molar-refractivity contribution in [3.05, 3.63) is 46.5 Å². The van der Waals surface area contributed by atoms with E-state index in [0.29, 0.717) is 17.9 Å². The van der Waals surface area contributed by atoms with Crippen LogP contribution in [0, 0.1) is 26.7 Å². The lowest BCUT2D eigenvalue weighted by Gasteiger charge is -2.15. The van der Waals surface area contributed by atoms with E-state index in [2.05, 4.69) is 12.2 Å². The molecule has 1 aliphatic rings. The molecular weight excluding hydrogens is 276 g/mol. The second-order valence-corrected chi connectivity index (χ2v) is 6.21. The number of rotatable bonds is 5. The third-order valence-electron chi connectivity index (χ3n) is 4.09. The SMILES string of the molecule is Cc1cc(C)c(C(=O)OCC(=O)CC2C=CCCC2)c(C)c1. The van der Waals surface area contributed by atoms with Crippen LogP contribution in [0.4, 0.5) is 0 Å². The lowest BCUT2D eigenvalue weighted by molar-refractivity contribution is -0.122. The third-order valence-corrected chi connectivity index (χ3v) is 4.09. The van der Waals surface area contributed by atoms with E-state index in [4.69, 9.17) is 4.74 Å². The van der Waals surface area contributed by atoms with Gasteiger partial charge < -0.3 is 4.74 Å². The van der Waals surface area contributed by atoms with Crippen molar-refractivity contribution >= 4 is 11.8 Å². The Morgan fingerprint density at radius 2 is 1.86 bits per heavy atom. The molecule has 0 aliphatic heterocycles. The van der Waals surface area contributed by atoms with E-state index >= 15 is 0 Å². The van der Waals surface area contributed by atoms with E-state index in [1.54, 1.807) is 0 Å². The Hall–Kier alpha value is -1.90. The predicted molar refractivity (Wildman–Crippen MR) is 87.0 cm³/mol. The van der Waals surface area contributed by atoms with Gasteiger partial charge in [0.05, 0.1) is 5.56 Å². The summed E-state index contributed by atoms with van der Waals surface area (Å²) in [6, 6.07) is 3.91. The van der Waals surface area contributed by atoms with Gasteiger partial charge in [0.25, 0.3) is 0 Å². The fraction of sp³-hybridized carbons (Fsp3) is 0.474. The second-order valence-electron chi connectivity index (χ2n) is 6.21. The molecule has 0 saturated carbocycles. The van der Waals surface area contributed by atoms with Crippen molar-refractivity contribution in [1.82, 2.24) is 0 Å². The van der Waals surface area contributed by atoms with Gasteiger partial charge >= 0.3 is 5.97 Å². The highest BCUT2D eigenvalue weighted by molar-refractivity contribution is 5.94.